The molecule has 1 aliphatic heterocycles. The van der Waals surface area contributed by atoms with E-state index in [4.69, 9.17) is 9.15 Å². The Bertz CT molecular complexity index is 1200. The summed E-state index contributed by atoms with van der Waals surface area (Å²) in [6, 6.07) is 6.25. The van der Waals surface area contributed by atoms with E-state index >= 15 is 0 Å². The van der Waals surface area contributed by atoms with Crippen LogP contribution in [0.5, 0.6) is 0 Å². The maximum Gasteiger partial charge on any atom is 0.247 e. The first kappa shape index (κ1) is 27.4. The van der Waals surface area contributed by atoms with Gasteiger partial charge in [0.25, 0.3) is 0 Å². The maximum atomic E-state index is 13.8. The fourth-order valence-corrected chi connectivity index (χ4v) is 4.32. The normalized spacial score (nSPS) is 15.3. The Morgan fingerprint density at radius 2 is 1.87 bits per heavy atom. The van der Waals surface area contributed by atoms with Gasteiger partial charge >= 0.3 is 0 Å². The number of hydrogen-bond acceptors (Lipinski definition) is 9. The molecule has 4 rings (SSSR count). The summed E-state index contributed by atoms with van der Waals surface area (Å²) in [6.07, 6.45) is 3.94. The first-order valence-electron chi connectivity index (χ1n) is 12.9. The Hall–Kier alpha value is -3.64. The number of aromatic nitrogens is 5. The number of morpholine rings is 1. The largest absolute Gasteiger partial charge is 0.458 e. The fourth-order valence-electron chi connectivity index (χ4n) is 4.32. The van der Waals surface area contributed by atoms with E-state index in [0.717, 1.165) is 25.4 Å². The predicted octanol–water partition coefficient (Wildman–Crippen LogP) is 1.84. The Morgan fingerprint density at radius 1 is 1.13 bits per heavy atom. The van der Waals surface area contributed by atoms with Crippen LogP contribution < -0.4 is 5.32 Å². The van der Waals surface area contributed by atoms with Crippen LogP contribution in [0.2, 0.25) is 0 Å². The second-order valence-corrected chi connectivity index (χ2v) is 10.4. The average molecular weight is 525 g/mol. The molecule has 1 fully saturated rings. The Labute approximate surface area is 222 Å². The third-order valence-corrected chi connectivity index (χ3v) is 6.07. The molecular weight excluding hydrogens is 488 g/mol. The molecule has 0 bridgehead atoms. The molecule has 3 aromatic heterocycles. The van der Waals surface area contributed by atoms with Crippen molar-refractivity contribution in [1.82, 2.24) is 40.3 Å². The smallest absolute Gasteiger partial charge is 0.247 e. The highest BCUT2D eigenvalue weighted by atomic mass is 16.5. The van der Waals surface area contributed by atoms with E-state index in [2.05, 4.69) is 30.6 Å². The van der Waals surface area contributed by atoms with Gasteiger partial charge in [0.15, 0.2) is 5.76 Å². The van der Waals surface area contributed by atoms with E-state index in [1.165, 1.54) is 4.80 Å². The quantitative estimate of drug-likeness (QED) is 0.422. The van der Waals surface area contributed by atoms with Crippen LogP contribution in [-0.2, 0) is 20.9 Å². The lowest BCUT2D eigenvalue weighted by Crippen LogP contribution is -2.50. The number of ether oxygens (including phenoxy) is 1. The SMILES string of the molecule is Cc1ccc(-c2nnn(CC(=O)N(CCCN3CCOCC3)[C@@H](C(=O)NC(C)(C)C)c3ccncc3)n2)o1. The Balaban J connectivity index is 1.57. The van der Waals surface area contributed by atoms with Gasteiger partial charge in [0.05, 0.1) is 13.2 Å². The summed E-state index contributed by atoms with van der Waals surface area (Å²) >= 11 is 0. The summed E-state index contributed by atoms with van der Waals surface area (Å²) in [5.74, 6) is 0.937. The third-order valence-electron chi connectivity index (χ3n) is 6.07. The minimum atomic E-state index is -0.842. The van der Waals surface area contributed by atoms with E-state index in [-0.39, 0.29) is 18.4 Å². The number of nitrogens with one attached hydrogen (secondary N) is 1. The molecule has 0 spiro atoms. The van der Waals surface area contributed by atoms with E-state index in [1.807, 2.05) is 33.8 Å². The van der Waals surface area contributed by atoms with Crippen LogP contribution in [0.4, 0.5) is 0 Å². The molecule has 1 aliphatic rings. The van der Waals surface area contributed by atoms with E-state index in [0.29, 0.717) is 43.3 Å². The molecule has 0 unspecified atom stereocenters. The highest BCUT2D eigenvalue weighted by Gasteiger charge is 2.33. The number of nitrogens with zero attached hydrogens (tertiary/aromatic N) is 7. The third kappa shape index (κ3) is 7.45. The highest BCUT2D eigenvalue weighted by molar-refractivity contribution is 5.89. The number of aryl methyl sites for hydroxylation is 1. The minimum Gasteiger partial charge on any atom is -0.458 e. The second-order valence-electron chi connectivity index (χ2n) is 10.4. The van der Waals surface area contributed by atoms with Crippen molar-refractivity contribution in [2.75, 3.05) is 39.4 Å². The standard InChI is InChI=1S/C26H36N8O4/c1-19-6-7-21(38-19)24-29-31-34(30-24)18-22(35)33(13-5-12-32-14-16-37-17-15-32)23(20-8-10-27-11-9-20)25(36)28-26(2,3)4/h6-11,23H,5,12-18H2,1-4H3,(H,28,36)/t23-/m1/s1. The molecular formula is C26H36N8O4. The molecule has 0 radical (unpaired) electrons. The van der Waals surface area contributed by atoms with Crippen LogP contribution in [-0.4, -0.2) is 91.7 Å². The predicted molar refractivity (Wildman–Crippen MR) is 139 cm³/mol. The second kappa shape index (κ2) is 12.3. The summed E-state index contributed by atoms with van der Waals surface area (Å²) in [5.41, 5.74) is 0.203. The number of furan rings is 1. The summed E-state index contributed by atoms with van der Waals surface area (Å²) in [6.45, 7) is 11.7. The van der Waals surface area contributed by atoms with Gasteiger partial charge in [0.1, 0.15) is 18.3 Å². The zero-order valence-electron chi connectivity index (χ0n) is 22.5. The molecule has 1 saturated heterocycles. The topological polar surface area (TPSA) is 132 Å². The first-order valence-corrected chi connectivity index (χ1v) is 12.9. The van der Waals surface area contributed by atoms with Gasteiger partial charge in [-0.05, 0) is 69.2 Å². The molecule has 0 aromatic carbocycles. The summed E-state index contributed by atoms with van der Waals surface area (Å²) in [4.78, 5) is 36.6. The minimum absolute atomic E-state index is 0.172. The molecule has 1 atom stereocenters. The fraction of sp³-hybridized carbons (Fsp3) is 0.538. The molecule has 0 aliphatic carbocycles. The number of pyridine rings is 1. The molecule has 1 N–H and O–H groups in total. The van der Waals surface area contributed by atoms with Gasteiger partial charge in [0, 0.05) is 44.1 Å². The lowest BCUT2D eigenvalue weighted by atomic mass is 10.0. The van der Waals surface area contributed by atoms with Crippen LogP contribution in [0.3, 0.4) is 0 Å². The van der Waals surface area contributed by atoms with Crippen molar-refractivity contribution in [2.24, 2.45) is 0 Å². The molecule has 38 heavy (non-hydrogen) atoms. The van der Waals surface area contributed by atoms with Crippen molar-refractivity contribution in [1.29, 1.82) is 0 Å². The van der Waals surface area contributed by atoms with Gasteiger partial charge < -0.3 is 19.4 Å². The number of hydrogen-bond donors (Lipinski definition) is 1. The van der Waals surface area contributed by atoms with E-state index < -0.39 is 11.6 Å². The van der Waals surface area contributed by atoms with Gasteiger partial charge in [0.2, 0.25) is 17.6 Å². The van der Waals surface area contributed by atoms with Crippen LogP contribution in [0, 0.1) is 6.92 Å². The van der Waals surface area contributed by atoms with Crippen molar-refractivity contribution in [3.8, 4) is 11.6 Å². The van der Waals surface area contributed by atoms with Crippen molar-refractivity contribution >= 4 is 11.8 Å². The van der Waals surface area contributed by atoms with Crippen molar-refractivity contribution in [3.63, 3.8) is 0 Å². The summed E-state index contributed by atoms with van der Waals surface area (Å²) in [5, 5.41) is 15.5. The molecule has 204 valence electrons. The highest BCUT2D eigenvalue weighted by Crippen LogP contribution is 2.23. The van der Waals surface area contributed by atoms with Crippen LogP contribution in [0.15, 0.2) is 41.1 Å². The molecule has 0 saturated carbocycles. The van der Waals surface area contributed by atoms with Gasteiger partial charge in [-0.3, -0.25) is 19.5 Å². The zero-order chi connectivity index (χ0) is 27.1. The number of tetrazole rings is 1. The number of carbonyl (C=O) groups is 2. The van der Waals surface area contributed by atoms with Gasteiger partial charge in [-0.25, -0.2) is 0 Å². The molecule has 12 heteroatoms. The maximum absolute atomic E-state index is 13.8. The van der Waals surface area contributed by atoms with E-state index in [1.54, 1.807) is 35.5 Å². The Kier molecular flexibility index (Phi) is 8.85. The first-order chi connectivity index (χ1) is 18.2. The molecule has 3 aromatic rings. The van der Waals surface area contributed by atoms with Crippen LogP contribution >= 0.6 is 0 Å². The number of rotatable bonds is 10. The van der Waals surface area contributed by atoms with Crippen molar-refractivity contribution in [3.05, 3.63) is 48.0 Å². The number of amides is 2. The lowest BCUT2D eigenvalue weighted by molar-refractivity contribution is -0.142. The Morgan fingerprint density at radius 3 is 2.53 bits per heavy atom. The lowest BCUT2D eigenvalue weighted by Gasteiger charge is -2.34. The summed E-state index contributed by atoms with van der Waals surface area (Å²) in [7, 11) is 0. The van der Waals surface area contributed by atoms with Gasteiger partial charge in [-0.2, -0.15) is 4.80 Å². The van der Waals surface area contributed by atoms with Gasteiger partial charge in [-0.1, -0.05) is 0 Å². The summed E-state index contributed by atoms with van der Waals surface area (Å²) < 4.78 is 11.0. The number of carbonyl (C=O) groups excluding carboxylic acids is 2. The monoisotopic (exact) mass is 524 g/mol. The van der Waals surface area contributed by atoms with Gasteiger partial charge in [-0.15, -0.1) is 10.2 Å². The molecule has 2 amide bonds. The molecule has 4 heterocycles. The van der Waals surface area contributed by atoms with Crippen LogP contribution in [0.1, 0.15) is 44.6 Å². The zero-order valence-corrected chi connectivity index (χ0v) is 22.5. The van der Waals surface area contributed by atoms with Crippen LogP contribution in [0.25, 0.3) is 11.6 Å². The van der Waals surface area contributed by atoms with Crippen molar-refractivity contribution in [2.45, 2.75) is 52.2 Å². The van der Waals surface area contributed by atoms with Crippen molar-refractivity contribution < 1.29 is 18.7 Å². The average Bonchev–Trinajstić information content (AvgIpc) is 3.52. The van der Waals surface area contributed by atoms with E-state index in [9.17, 15) is 9.59 Å². The molecule has 12 nitrogen and oxygen atoms in total.